The second-order valence-corrected chi connectivity index (χ2v) is 10.8. The summed E-state index contributed by atoms with van der Waals surface area (Å²) in [5.41, 5.74) is 3.56. The Morgan fingerprint density at radius 2 is 1.78 bits per heavy atom. The molecule has 3 atom stereocenters. The van der Waals surface area contributed by atoms with Crippen molar-refractivity contribution < 1.29 is 9.84 Å². The standard InChI is InChI=1S/C29H34N4O4/c1-30-23(17-32-14-20-12-22(16-32)24-8-5-9-28(35)33(24)15-20)13-26(34)29(36)25(30)18-31-10-11-37-27(19-31)21-6-3-2-4-7-21/h2-9,13,20,22,27,36H,10-12,14-19H2,1H3/t20-,22-,27+/m0/s1. The molecule has 0 amide bonds. The predicted molar refractivity (Wildman–Crippen MR) is 141 cm³/mol. The highest BCUT2D eigenvalue weighted by molar-refractivity contribution is 5.30. The third-order valence-corrected chi connectivity index (χ3v) is 8.28. The van der Waals surface area contributed by atoms with Gasteiger partial charge in [-0.2, -0.15) is 0 Å². The van der Waals surface area contributed by atoms with Crippen molar-refractivity contribution in [2.24, 2.45) is 13.0 Å². The van der Waals surface area contributed by atoms with Gasteiger partial charge in [0, 0.05) is 82.3 Å². The van der Waals surface area contributed by atoms with Crippen molar-refractivity contribution in [2.45, 2.75) is 38.1 Å². The first-order valence-corrected chi connectivity index (χ1v) is 13.2. The van der Waals surface area contributed by atoms with Gasteiger partial charge in [0.2, 0.25) is 5.43 Å². The van der Waals surface area contributed by atoms with E-state index in [9.17, 15) is 14.7 Å². The fourth-order valence-corrected chi connectivity index (χ4v) is 6.40. The zero-order chi connectivity index (χ0) is 25.5. The molecule has 0 saturated carbocycles. The molecule has 0 spiro atoms. The highest BCUT2D eigenvalue weighted by atomic mass is 16.5. The number of aromatic hydroxyl groups is 1. The zero-order valence-electron chi connectivity index (χ0n) is 21.3. The Labute approximate surface area is 216 Å². The van der Waals surface area contributed by atoms with Gasteiger partial charge in [-0.15, -0.1) is 0 Å². The molecule has 1 aromatic carbocycles. The minimum Gasteiger partial charge on any atom is -0.503 e. The topological polar surface area (TPSA) is 79.9 Å². The quantitative estimate of drug-likeness (QED) is 0.578. The van der Waals surface area contributed by atoms with Crippen LogP contribution in [0.15, 0.2) is 64.2 Å². The predicted octanol–water partition coefficient (Wildman–Crippen LogP) is 2.45. The van der Waals surface area contributed by atoms with Crippen molar-refractivity contribution in [3.63, 3.8) is 0 Å². The monoisotopic (exact) mass is 502 g/mol. The summed E-state index contributed by atoms with van der Waals surface area (Å²) in [4.78, 5) is 29.8. The van der Waals surface area contributed by atoms with Crippen LogP contribution in [0.1, 0.15) is 41.1 Å². The largest absolute Gasteiger partial charge is 0.503 e. The number of hydrogen-bond acceptors (Lipinski definition) is 6. The fourth-order valence-electron chi connectivity index (χ4n) is 6.40. The van der Waals surface area contributed by atoms with E-state index in [0.717, 1.165) is 49.6 Å². The van der Waals surface area contributed by atoms with Crippen molar-refractivity contribution >= 4 is 0 Å². The Morgan fingerprint density at radius 1 is 0.946 bits per heavy atom. The SMILES string of the molecule is Cn1c(CN2C[C@@H]3C[C@@H](C2)c2cccc(=O)n2C3)cc(=O)c(O)c1CN1CCO[C@@H](c2ccccc2)C1. The number of benzene rings is 1. The molecule has 5 heterocycles. The molecule has 8 nitrogen and oxygen atoms in total. The van der Waals surface area contributed by atoms with Gasteiger partial charge < -0.3 is 19.0 Å². The smallest absolute Gasteiger partial charge is 0.250 e. The van der Waals surface area contributed by atoms with Crippen molar-refractivity contribution in [1.82, 2.24) is 18.9 Å². The van der Waals surface area contributed by atoms with Crippen LogP contribution in [-0.4, -0.2) is 56.8 Å². The number of morpholine rings is 1. The van der Waals surface area contributed by atoms with Crippen LogP contribution in [-0.2, 0) is 31.4 Å². The van der Waals surface area contributed by atoms with Crippen LogP contribution >= 0.6 is 0 Å². The Balaban J connectivity index is 1.21. The van der Waals surface area contributed by atoms with E-state index in [1.807, 2.05) is 40.4 Å². The molecule has 8 heteroatoms. The summed E-state index contributed by atoms with van der Waals surface area (Å²) in [5.74, 6) is 0.569. The molecule has 37 heavy (non-hydrogen) atoms. The minimum absolute atomic E-state index is 0.0274. The summed E-state index contributed by atoms with van der Waals surface area (Å²) in [6.07, 6.45) is 1.07. The minimum atomic E-state index is -0.329. The van der Waals surface area contributed by atoms with Crippen LogP contribution < -0.4 is 11.0 Å². The Kier molecular flexibility index (Phi) is 6.48. The van der Waals surface area contributed by atoms with Crippen LogP contribution in [0, 0.1) is 5.92 Å². The molecule has 2 aromatic heterocycles. The summed E-state index contributed by atoms with van der Waals surface area (Å²) in [6.45, 7) is 5.68. The van der Waals surface area contributed by atoms with Gasteiger partial charge in [-0.1, -0.05) is 36.4 Å². The number of rotatable bonds is 5. The molecule has 1 N–H and O–H groups in total. The zero-order valence-corrected chi connectivity index (χ0v) is 21.3. The van der Waals surface area contributed by atoms with Crippen molar-refractivity contribution in [3.8, 4) is 5.75 Å². The summed E-state index contributed by atoms with van der Waals surface area (Å²) in [6, 6.07) is 17.3. The summed E-state index contributed by atoms with van der Waals surface area (Å²) in [7, 11) is 1.94. The highest BCUT2D eigenvalue weighted by Gasteiger charge is 2.35. The lowest BCUT2D eigenvalue weighted by Crippen LogP contribution is -2.47. The first-order chi connectivity index (χ1) is 18.0. The van der Waals surface area contributed by atoms with E-state index in [-0.39, 0.29) is 22.8 Å². The van der Waals surface area contributed by atoms with Gasteiger partial charge in [-0.05, 0) is 24.0 Å². The molecule has 2 bridgehead atoms. The number of hydrogen-bond donors (Lipinski definition) is 1. The maximum atomic E-state index is 12.8. The number of aromatic nitrogens is 2. The molecule has 0 radical (unpaired) electrons. The fraction of sp³-hybridized carbons (Fsp3) is 0.448. The Morgan fingerprint density at radius 3 is 2.62 bits per heavy atom. The van der Waals surface area contributed by atoms with Gasteiger partial charge in [0.15, 0.2) is 5.75 Å². The number of fused-ring (bicyclic) bond motifs is 4. The normalized spacial score (nSPS) is 24.1. The van der Waals surface area contributed by atoms with E-state index in [1.54, 1.807) is 12.1 Å². The van der Waals surface area contributed by atoms with E-state index in [0.29, 0.717) is 43.8 Å². The van der Waals surface area contributed by atoms with E-state index in [1.165, 1.54) is 0 Å². The van der Waals surface area contributed by atoms with Crippen molar-refractivity contribution in [3.05, 3.63) is 97.8 Å². The molecular formula is C29H34N4O4. The average molecular weight is 503 g/mol. The lowest BCUT2D eigenvalue weighted by atomic mass is 9.83. The molecule has 3 aromatic rings. The maximum Gasteiger partial charge on any atom is 0.250 e. The molecule has 0 unspecified atom stereocenters. The summed E-state index contributed by atoms with van der Waals surface area (Å²) < 4.78 is 9.94. The lowest BCUT2D eigenvalue weighted by molar-refractivity contribution is -0.0338. The number of piperidine rings is 1. The van der Waals surface area contributed by atoms with E-state index < -0.39 is 0 Å². The average Bonchev–Trinajstić information content (AvgIpc) is 2.91. The van der Waals surface area contributed by atoms with Gasteiger partial charge in [0.1, 0.15) is 0 Å². The van der Waals surface area contributed by atoms with Crippen LogP contribution in [0.4, 0.5) is 0 Å². The molecule has 3 aliphatic rings. The number of nitrogens with zero attached hydrogens (tertiary/aromatic N) is 4. The number of likely N-dealkylation sites (tertiary alicyclic amines) is 1. The summed E-state index contributed by atoms with van der Waals surface area (Å²) in [5, 5.41) is 10.8. The molecule has 2 saturated heterocycles. The van der Waals surface area contributed by atoms with Crippen molar-refractivity contribution in [1.29, 1.82) is 0 Å². The first-order valence-electron chi connectivity index (χ1n) is 13.2. The van der Waals surface area contributed by atoms with Crippen LogP contribution in [0.5, 0.6) is 5.75 Å². The van der Waals surface area contributed by atoms with Gasteiger partial charge >= 0.3 is 0 Å². The van der Waals surface area contributed by atoms with Crippen LogP contribution in [0.25, 0.3) is 0 Å². The number of ether oxygens (including phenoxy) is 1. The van der Waals surface area contributed by atoms with Gasteiger partial charge in [-0.25, -0.2) is 0 Å². The first kappa shape index (κ1) is 24.2. The molecule has 194 valence electrons. The molecule has 0 aliphatic carbocycles. The molecular weight excluding hydrogens is 468 g/mol. The van der Waals surface area contributed by atoms with Crippen molar-refractivity contribution in [2.75, 3.05) is 32.8 Å². The summed E-state index contributed by atoms with van der Waals surface area (Å²) >= 11 is 0. The number of pyridine rings is 2. The highest BCUT2D eigenvalue weighted by Crippen LogP contribution is 2.35. The van der Waals surface area contributed by atoms with E-state index >= 15 is 0 Å². The molecule has 6 rings (SSSR count). The van der Waals surface area contributed by atoms with Crippen LogP contribution in [0.3, 0.4) is 0 Å². The third kappa shape index (κ3) is 4.77. The van der Waals surface area contributed by atoms with E-state index in [2.05, 4.69) is 28.0 Å². The van der Waals surface area contributed by atoms with Gasteiger partial charge in [0.05, 0.1) is 18.4 Å². The van der Waals surface area contributed by atoms with Gasteiger partial charge in [-0.3, -0.25) is 19.4 Å². The third-order valence-electron chi connectivity index (χ3n) is 8.28. The Hall–Kier alpha value is -3.20. The van der Waals surface area contributed by atoms with Gasteiger partial charge in [0.25, 0.3) is 5.56 Å². The molecule has 3 aliphatic heterocycles. The second kappa shape index (κ2) is 9.93. The lowest BCUT2D eigenvalue weighted by Gasteiger charge is -2.43. The second-order valence-electron chi connectivity index (χ2n) is 10.8. The Bertz CT molecular complexity index is 1400. The maximum absolute atomic E-state index is 12.8. The molecule has 2 fully saturated rings. The van der Waals surface area contributed by atoms with E-state index in [4.69, 9.17) is 4.74 Å². The van der Waals surface area contributed by atoms with Crippen LogP contribution in [0.2, 0.25) is 0 Å².